The molecule has 0 spiro atoms. The lowest BCUT2D eigenvalue weighted by molar-refractivity contribution is -0.142. The van der Waals surface area contributed by atoms with Gasteiger partial charge in [-0.15, -0.1) is 0 Å². The average molecular weight is 290 g/mol. The van der Waals surface area contributed by atoms with E-state index in [0.717, 1.165) is 24.8 Å². The van der Waals surface area contributed by atoms with Gasteiger partial charge in [0.2, 0.25) is 0 Å². The Morgan fingerprint density at radius 3 is 2.86 bits per heavy atom. The topological polar surface area (TPSA) is 72.6 Å². The Hall–Kier alpha value is -2.04. The Morgan fingerprint density at radius 1 is 1.38 bits per heavy atom. The summed E-state index contributed by atoms with van der Waals surface area (Å²) in [5.74, 6) is -0.322. The normalized spacial score (nSPS) is 18.4. The number of likely N-dealkylation sites (tertiary alicyclic amines) is 1. The fourth-order valence-electron chi connectivity index (χ4n) is 2.80. The van der Waals surface area contributed by atoms with E-state index in [-0.39, 0.29) is 24.3 Å². The second kappa shape index (κ2) is 6.61. The van der Waals surface area contributed by atoms with Crippen molar-refractivity contribution in [2.45, 2.75) is 38.6 Å². The van der Waals surface area contributed by atoms with Gasteiger partial charge in [0.1, 0.15) is 0 Å². The lowest BCUT2D eigenvalue weighted by atomic mass is 9.97. The number of nitrogen functional groups attached to an aromatic ring is 1. The zero-order valence-electron chi connectivity index (χ0n) is 12.6. The molecule has 1 aliphatic heterocycles. The summed E-state index contributed by atoms with van der Waals surface area (Å²) in [6, 6.07) is 5.28. The molecule has 1 amide bonds. The standard InChI is InChI=1S/C16H22N2O3/c1-11-13(7-5-8-14(11)17)16(20)18-9-4-3-6-12(18)10-15(19)21-2/h5,7-8,12H,3-4,6,9-10,17H2,1-2H3. The first-order valence-electron chi connectivity index (χ1n) is 7.27. The summed E-state index contributed by atoms with van der Waals surface area (Å²) < 4.78 is 4.73. The number of ether oxygens (including phenoxy) is 1. The molecule has 1 heterocycles. The molecule has 114 valence electrons. The smallest absolute Gasteiger partial charge is 0.307 e. The van der Waals surface area contributed by atoms with Crippen molar-refractivity contribution < 1.29 is 14.3 Å². The molecule has 0 bridgehead atoms. The van der Waals surface area contributed by atoms with E-state index < -0.39 is 0 Å². The molecule has 1 unspecified atom stereocenters. The molecule has 21 heavy (non-hydrogen) atoms. The maximum Gasteiger partial charge on any atom is 0.307 e. The van der Waals surface area contributed by atoms with Crippen LogP contribution in [0.4, 0.5) is 5.69 Å². The van der Waals surface area contributed by atoms with Crippen LogP contribution < -0.4 is 5.73 Å². The van der Waals surface area contributed by atoms with Crippen molar-refractivity contribution in [3.05, 3.63) is 29.3 Å². The molecule has 1 aromatic rings. The second-order valence-electron chi connectivity index (χ2n) is 5.45. The summed E-state index contributed by atoms with van der Waals surface area (Å²) in [6.07, 6.45) is 3.08. The van der Waals surface area contributed by atoms with Crippen molar-refractivity contribution in [2.75, 3.05) is 19.4 Å². The lowest BCUT2D eigenvalue weighted by Gasteiger charge is -2.35. The van der Waals surface area contributed by atoms with E-state index in [1.807, 2.05) is 6.92 Å². The summed E-state index contributed by atoms with van der Waals surface area (Å²) in [7, 11) is 1.37. The maximum atomic E-state index is 12.8. The van der Waals surface area contributed by atoms with E-state index >= 15 is 0 Å². The molecule has 1 aromatic carbocycles. The predicted octanol–water partition coefficient (Wildman–Crippen LogP) is 2.14. The SMILES string of the molecule is COC(=O)CC1CCCCN1C(=O)c1cccc(N)c1C. The van der Waals surface area contributed by atoms with Crippen molar-refractivity contribution in [3.8, 4) is 0 Å². The highest BCUT2D eigenvalue weighted by atomic mass is 16.5. The highest BCUT2D eigenvalue weighted by Gasteiger charge is 2.30. The molecular formula is C16H22N2O3. The van der Waals surface area contributed by atoms with Gasteiger partial charge in [-0.2, -0.15) is 0 Å². The molecule has 1 aliphatic rings. The highest BCUT2D eigenvalue weighted by Crippen LogP contribution is 2.25. The summed E-state index contributed by atoms with van der Waals surface area (Å²) >= 11 is 0. The quantitative estimate of drug-likeness (QED) is 0.683. The number of carbonyl (C=O) groups excluding carboxylic acids is 2. The van der Waals surface area contributed by atoms with Gasteiger partial charge in [-0.1, -0.05) is 6.07 Å². The second-order valence-corrected chi connectivity index (χ2v) is 5.45. The molecule has 2 N–H and O–H groups in total. The van der Waals surface area contributed by atoms with E-state index in [9.17, 15) is 9.59 Å². The zero-order valence-corrected chi connectivity index (χ0v) is 12.6. The Morgan fingerprint density at radius 2 is 2.14 bits per heavy atom. The van der Waals surface area contributed by atoms with E-state index in [1.54, 1.807) is 23.1 Å². The first-order valence-corrected chi connectivity index (χ1v) is 7.27. The first kappa shape index (κ1) is 15.4. The zero-order chi connectivity index (χ0) is 15.4. The van der Waals surface area contributed by atoms with Crippen LogP contribution in [0.5, 0.6) is 0 Å². The van der Waals surface area contributed by atoms with Crippen LogP contribution in [0.25, 0.3) is 0 Å². The number of hydrogen-bond donors (Lipinski definition) is 1. The molecule has 0 aromatic heterocycles. The monoisotopic (exact) mass is 290 g/mol. The third-order valence-corrected chi connectivity index (χ3v) is 4.12. The number of methoxy groups -OCH3 is 1. The minimum absolute atomic E-state index is 0.0478. The van der Waals surface area contributed by atoms with Crippen LogP contribution in [0.1, 0.15) is 41.6 Å². The van der Waals surface area contributed by atoms with Crippen LogP contribution in [-0.4, -0.2) is 36.5 Å². The van der Waals surface area contributed by atoms with Gasteiger partial charge in [-0.25, -0.2) is 0 Å². The molecule has 0 radical (unpaired) electrons. The number of carbonyl (C=O) groups is 2. The van der Waals surface area contributed by atoms with E-state index in [0.29, 0.717) is 17.8 Å². The van der Waals surface area contributed by atoms with Gasteiger partial charge in [0.05, 0.1) is 13.5 Å². The van der Waals surface area contributed by atoms with Crippen molar-refractivity contribution in [1.29, 1.82) is 0 Å². The molecule has 1 atom stereocenters. The molecule has 1 saturated heterocycles. The molecule has 0 saturated carbocycles. The summed E-state index contributed by atoms with van der Waals surface area (Å²) in [4.78, 5) is 26.1. The number of esters is 1. The summed E-state index contributed by atoms with van der Waals surface area (Å²) in [5.41, 5.74) is 7.91. The van der Waals surface area contributed by atoms with Crippen molar-refractivity contribution in [1.82, 2.24) is 4.90 Å². The first-order chi connectivity index (χ1) is 10.0. The largest absolute Gasteiger partial charge is 0.469 e. The van der Waals surface area contributed by atoms with Gasteiger partial charge in [0, 0.05) is 23.8 Å². The lowest BCUT2D eigenvalue weighted by Crippen LogP contribution is -2.45. The fraction of sp³-hybridized carbons (Fsp3) is 0.500. The van der Waals surface area contributed by atoms with Crippen LogP contribution in [-0.2, 0) is 9.53 Å². The van der Waals surface area contributed by atoms with Crippen LogP contribution in [0.2, 0.25) is 0 Å². The Labute approximate surface area is 125 Å². The minimum atomic E-state index is -0.274. The van der Waals surface area contributed by atoms with Gasteiger partial charge in [0.15, 0.2) is 0 Å². The predicted molar refractivity (Wildman–Crippen MR) is 80.9 cm³/mol. The van der Waals surface area contributed by atoms with E-state index in [4.69, 9.17) is 10.5 Å². The Kier molecular flexibility index (Phi) is 4.83. The summed E-state index contributed by atoms with van der Waals surface area (Å²) in [5, 5.41) is 0. The number of amides is 1. The van der Waals surface area contributed by atoms with Crippen molar-refractivity contribution in [2.24, 2.45) is 0 Å². The average Bonchev–Trinajstić information content (AvgIpc) is 2.50. The highest BCUT2D eigenvalue weighted by molar-refractivity contribution is 5.97. The summed E-state index contributed by atoms with van der Waals surface area (Å²) in [6.45, 7) is 2.52. The Bertz CT molecular complexity index is 542. The number of hydrogen-bond acceptors (Lipinski definition) is 4. The van der Waals surface area contributed by atoms with Crippen LogP contribution in [0.15, 0.2) is 18.2 Å². The molecule has 1 fully saturated rings. The van der Waals surface area contributed by atoms with Gasteiger partial charge >= 0.3 is 5.97 Å². The number of anilines is 1. The maximum absolute atomic E-state index is 12.8. The number of nitrogens with zero attached hydrogens (tertiary/aromatic N) is 1. The number of nitrogens with two attached hydrogens (primary N) is 1. The van der Waals surface area contributed by atoms with Crippen LogP contribution in [0, 0.1) is 6.92 Å². The Balaban J connectivity index is 2.22. The molecule has 0 aliphatic carbocycles. The van der Waals surface area contributed by atoms with Crippen LogP contribution in [0.3, 0.4) is 0 Å². The molecule has 5 nitrogen and oxygen atoms in total. The molecule has 2 rings (SSSR count). The van der Waals surface area contributed by atoms with E-state index in [2.05, 4.69) is 0 Å². The van der Waals surface area contributed by atoms with Gasteiger partial charge in [-0.05, 0) is 43.9 Å². The third-order valence-electron chi connectivity index (χ3n) is 4.12. The van der Waals surface area contributed by atoms with Gasteiger partial charge in [-0.3, -0.25) is 9.59 Å². The molecular weight excluding hydrogens is 268 g/mol. The molecule has 5 heteroatoms. The van der Waals surface area contributed by atoms with Gasteiger partial charge in [0.25, 0.3) is 5.91 Å². The van der Waals surface area contributed by atoms with Crippen molar-refractivity contribution >= 4 is 17.6 Å². The fourth-order valence-corrected chi connectivity index (χ4v) is 2.80. The van der Waals surface area contributed by atoms with Crippen LogP contribution >= 0.6 is 0 Å². The number of benzene rings is 1. The third kappa shape index (κ3) is 3.35. The minimum Gasteiger partial charge on any atom is -0.469 e. The van der Waals surface area contributed by atoms with Gasteiger partial charge < -0.3 is 15.4 Å². The van der Waals surface area contributed by atoms with E-state index in [1.165, 1.54) is 7.11 Å². The number of rotatable bonds is 3. The van der Waals surface area contributed by atoms with Crippen molar-refractivity contribution in [3.63, 3.8) is 0 Å². The number of piperidine rings is 1.